The molecular weight excluding hydrogens is 337 g/mol. The van der Waals surface area contributed by atoms with E-state index in [0.717, 1.165) is 18.7 Å². The maximum Gasteiger partial charge on any atom is 1.00 e. The van der Waals surface area contributed by atoms with Crippen molar-refractivity contribution in [2.45, 2.75) is 50.9 Å². The average Bonchev–Trinajstić information content (AvgIpc) is 2.95. The minimum Gasteiger partial charge on any atom is -0.548 e. The molecule has 2 rings (SSSR count). The Labute approximate surface area is 184 Å². The number of carboxylic acid groups (broad SMARTS) is 1. The van der Waals surface area contributed by atoms with Gasteiger partial charge in [0.2, 0.25) is 5.91 Å². The summed E-state index contributed by atoms with van der Waals surface area (Å²) in [6.45, 7) is 2.79. The Morgan fingerprint density at radius 1 is 1.50 bits per heavy atom. The van der Waals surface area contributed by atoms with Crippen LogP contribution in [0.1, 0.15) is 31.9 Å². The third-order valence-electron chi connectivity index (χ3n) is 3.94. The van der Waals surface area contributed by atoms with Crippen LogP contribution in [0.25, 0.3) is 0 Å². The molecule has 24 heavy (non-hydrogen) atoms. The van der Waals surface area contributed by atoms with Crippen molar-refractivity contribution in [2.75, 3.05) is 6.54 Å². The van der Waals surface area contributed by atoms with Gasteiger partial charge in [-0.25, -0.2) is 0 Å². The van der Waals surface area contributed by atoms with Crippen molar-refractivity contribution in [3.8, 4) is 0 Å². The van der Waals surface area contributed by atoms with E-state index < -0.39 is 18.1 Å². The van der Waals surface area contributed by atoms with Crippen LogP contribution in [0, 0.1) is 0 Å². The first-order chi connectivity index (χ1) is 11.0. The number of carbonyl (C=O) groups is 2. The third-order valence-corrected chi connectivity index (χ3v) is 3.94. The molecule has 0 aliphatic carbocycles. The zero-order chi connectivity index (χ0) is 16.8. The number of aliphatic hydroxyl groups excluding tert-OH is 1. The normalized spacial score (nSPS) is 20.0. The Kier molecular flexibility index (Phi) is 9.58. The van der Waals surface area contributed by atoms with Crippen LogP contribution >= 0.6 is 0 Å². The molecule has 0 aromatic carbocycles. The first kappa shape index (κ1) is 21.7. The number of aliphatic hydroxyl groups is 1. The van der Waals surface area contributed by atoms with Crippen LogP contribution in [0.2, 0.25) is 0 Å². The molecule has 1 amide bonds. The predicted octanol–water partition coefficient (Wildman–Crippen LogP) is -3.94. The van der Waals surface area contributed by atoms with E-state index in [1.807, 2.05) is 23.1 Å². The number of likely N-dealkylation sites (tertiary alicyclic amines) is 1. The number of hydrogen-bond acceptors (Lipinski definition) is 6. The molecule has 3 unspecified atom stereocenters. The molecule has 1 saturated heterocycles. The Bertz CT molecular complexity index is 541. The number of rotatable bonds is 7. The van der Waals surface area contributed by atoms with Crippen LogP contribution in [-0.4, -0.2) is 51.6 Å². The zero-order valence-corrected chi connectivity index (χ0v) is 17.3. The van der Waals surface area contributed by atoms with Crippen LogP contribution in [0.15, 0.2) is 24.4 Å². The quantitative estimate of drug-likeness (QED) is 0.482. The van der Waals surface area contributed by atoms with Crippen LogP contribution in [0.3, 0.4) is 0 Å². The molecule has 0 bridgehead atoms. The van der Waals surface area contributed by atoms with E-state index >= 15 is 0 Å². The second kappa shape index (κ2) is 10.6. The van der Waals surface area contributed by atoms with Crippen LogP contribution in [-0.2, 0) is 16.1 Å². The monoisotopic (exact) mass is 359 g/mol. The summed E-state index contributed by atoms with van der Waals surface area (Å²) in [7, 11) is 0. The number of nitrogens with one attached hydrogen (secondary N) is 1. The van der Waals surface area contributed by atoms with Gasteiger partial charge in [0.25, 0.3) is 0 Å². The first-order valence-corrected chi connectivity index (χ1v) is 7.80. The number of amides is 1. The molecule has 8 heteroatoms. The molecule has 3 atom stereocenters. The average molecular weight is 359 g/mol. The van der Waals surface area contributed by atoms with Crippen molar-refractivity contribution in [3.63, 3.8) is 0 Å². The van der Waals surface area contributed by atoms with Crippen molar-refractivity contribution < 1.29 is 71.2 Å². The number of aliphatic carboxylic acids is 1. The fourth-order valence-electron chi connectivity index (χ4n) is 2.84. The topological polar surface area (TPSA) is 106 Å². The molecule has 1 aliphatic heterocycles. The molecule has 126 valence electrons. The minimum absolute atomic E-state index is 0. The van der Waals surface area contributed by atoms with E-state index in [9.17, 15) is 19.8 Å². The van der Waals surface area contributed by atoms with Gasteiger partial charge in [-0.2, -0.15) is 0 Å². The summed E-state index contributed by atoms with van der Waals surface area (Å²) in [6, 6.07) is 4.05. The van der Waals surface area contributed by atoms with E-state index in [0.29, 0.717) is 13.0 Å². The van der Waals surface area contributed by atoms with Gasteiger partial charge in [-0.3, -0.25) is 14.7 Å². The molecule has 1 aromatic heterocycles. The van der Waals surface area contributed by atoms with Crippen LogP contribution in [0.5, 0.6) is 0 Å². The van der Waals surface area contributed by atoms with Gasteiger partial charge in [-0.1, -0.05) is 6.07 Å². The first-order valence-electron chi connectivity index (χ1n) is 7.80. The summed E-state index contributed by atoms with van der Waals surface area (Å²) in [6.07, 6.45) is 2.35. The molecule has 2 heterocycles. The third kappa shape index (κ3) is 6.51. The smallest absolute Gasteiger partial charge is 0.548 e. The number of carboxylic acids is 1. The molecule has 1 aliphatic rings. The van der Waals surface area contributed by atoms with Gasteiger partial charge in [0, 0.05) is 12.7 Å². The Morgan fingerprint density at radius 3 is 2.83 bits per heavy atom. The maximum absolute atomic E-state index is 12.4. The second-order valence-corrected chi connectivity index (χ2v) is 5.91. The van der Waals surface area contributed by atoms with E-state index in [-0.39, 0.29) is 69.8 Å². The fraction of sp³-hybridized carbons (Fsp3) is 0.562. The Hall–Kier alpha value is -0.354. The summed E-state index contributed by atoms with van der Waals surface area (Å²) in [4.78, 5) is 29.7. The fourth-order valence-corrected chi connectivity index (χ4v) is 2.84. The molecule has 0 radical (unpaired) electrons. The summed E-state index contributed by atoms with van der Waals surface area (Å²) in [5.74, 6) is -1.72. The number of hydrogen-bond donors (Lipinski definition) is 2. The molecule has 2 N–H and O–H groups in total. The minimum atomic E-state index is -1.38. The summed E-state index contributed by atoms with van der Waals surface area (Å²) < 4.78 is 0. The second-order valence-electron chi connectivity index (χ2n) is 5.91. The Balaban J connectivity index is 0.00000288. The van der Waals surface area contributed by atoms with Crippen LogP contribution in [0.4, 0.5) is 0 Å². The van der Waals surface area contributed by atoms with Gasteiger partial charge in [0.1, 0.15) is 0 Å². The van der Waals surface area contributed by atoms with E-state index in [2.05, 4.69) is 10.3 Å². The summed E-state index contributed by atoms with van der Waals surface area (Å²) in [5, 5.41) is 22.9. The largest absolute Gasteiger partial charge is 1.00 e. The van der Waals surface area contributed by atoms with Crippen molar-refractivity contribution >= 4 is 11.9 Å². The molecular formula is C16H22KN3O4. The van der Waals surface area contributed by atoms with Gasteiger partial charge in [0.05, 0.1) is 29.9 Å². The van der Waals surface area contributed by atoms with Gasteiger partial charge >= 0.3 is 51.4 Å². The SMILES string of the molecule is CC(O)CC(NC(=O)C1CCCN1Cc1ccccn1)C(=O)[O-].[K+]. The molecule has 0 spiro atoms. The van der Waals surface area contributed by atoms with E-state index in [1.54, 1.807) is 6.20 Å². The van der Waals surface area contributed by atoms with Gasteiger partial charge in [-0.05, 0) is 44.9 Å². The van der Waals surface area contributed by atoms with Crippen molar-refractivity contribution in [2.24, 2.45) is 0 Å². The van der Waals surface area contributed by atoms with Gasteiger partial charge < -0.3 is 20.3 Å². The summed E-state index contributed by atoms with van der Waals surface area (Å²) >= 11 is 0. The predicted molar refractivity (Wildman–Crippen MR) is 80.9 cm³/mol. The van der Waals surface area contributed by atoms with Crippen molar-refractivity contribution in [3.05, 3.63) is 30.1 Å². The zero-order valence-electron chi connectivity index (χ0n) is 14.1. The van der Waals surface area contributed by atoms with E-state index in [4.69, 9.17) is 0 Å². The van der Waals surface area contributed by atoms with Gasteiger partial charge in [-0.15, -0.1) is 0 Å². The maximum atomic E-state index is 12.4. The summed E-state index contributed by atoms with van der Waals surface area (Å²) in [5.41, 5.74) is 0.868. The molecule has 1 fully saturated rings. The van der Waals surface area contributed by atoms with Crippen molar-refractivity contribution in [1.82, 2.24) is 15.2 Å². The number of aromatic nitrogens is 1. The Morgan fingerprint density at radius 2 is 2.25 bits per heavy atom. The number of carbonyl (C=O) groups excluding carboxylic acids is 2. The standard InChI is InChI=1S/C16H23N3O4.K/c1-11(20)9-13(16(22)23)18-15(21)14-6-4-8-19(14)10-12-5-2-3-7-17-12;/h2-3,5,7,11,13-14,20H,4,6,8-10H2,1H3,(H,18,21)(H,22,23);/q;+1/p-1. The van der Waals surface area contributed by atoms with Gasteiger partial charge in [0.15, 0.2) is 0 Å². The molecule has 1 aromatic rings. The molecule has 0 saturated carbocycles. The van der Waals surface area contributed by atoms with Crippen molar-refractivity contribution in [1.29, 1.82) is 0 Å². The molecule has 7 nitrogen and oxygen atoms in total. The van der Waals surface area contributed by atoms with E-state index in [1.165, 1.54) is 6.92 Å². The number of pyridine rings is 1. The number of nitrogens with zero attached hydrogens (tertiary/aromatic N) is 2. The van der Waals surface area contributed by atoms with Crippen LogP contribution < -0.4 is 61.8 Å².